The van der Waals surface area contributed by atoms with Crippen LogP contribution in [-0.2, 0) is 21.0 Å². The van der Waals surface area contributed by atoms with Crippen molar-refractivity contribution in [3.8, 4) is 0 Å². The van der Waals surface area contributed by atoms with Gasteiger partial charge in [0.1, 0.15) is 25.2 Å². The highest BCUT2D eigenvalue weighted by Gasteiger charge is 2.11. The molecule has 27 heavy (non-hydrogen) atoms. The molecule has 0 aromatic heterocycles. The third kappa shape index (κ3) is 5.82. The summed E-state index contributed by atoms with van der Waals surface area (Å²) in [7, 11) is 2.68. The lowest BCUT2D eigenvalue weighted by molar-refractivity contribution is 0.0535. The molecule has 0 aliphatic carbocycles. The molecule has 0 fully saturated rings. The van der Waals surface area contributed by atoms with Crippen LogP contribution in [-0.4, -0.2) is 26.0 Å². The molecule has 2 rings (SSSR count). The third-order valence-corrected chi connectivity index (χ3v) is 3.45. The van der Waals surface area contributed by atoms with Gasteiger partial charge in [-0.2, -0.15) is 0 Å². The number of hydrogen-bond donors (Lipinski definition) is 2. The predicted molar refractivity (Wildman–Crippen MR) is 99.5 cm³/mol. The molecule has 0 saturated heterocycles. The standard InChI is InChI=1S/C19H20FN3O4/c1-13(18(23-26-3)14-8-10-16(20)11-9-14)22-27-12-15-6-4-5-7-17(15)21-19(24)25-2/h4-11,22H,1,12H2,2-3H3,(H,21,24). The van der Waals surface area contributed by atoms with Gasteiger partial charge in [-0.25, -0.2) is 9.18 Å². The molecule has 8 heteroatoms. The summed E-state index contributed by atoms with van der Waals surface area (Å²) in [4.78, 5) is 21.7. The number of methoxy groups -OCH3 is 1. The number of para-hydroxylation sites is 1. The Morgan fingerprint density at radius 2 is 1.85 bits per heavy atom. The summed E-state index contributed by atoms with van der Waals surface area (Å²) >= 11 is 0. The molecule has 0 heterocycles. The first-order chi connectivity index (χ1) is 13.0. The Balaban J connectivity index is 2.01. The van der Waals surface area contributed by atoms with Crippen molar-refractivity contribution < 1.29 is 23.6 Å². The number of nitrogens with zero attached hydrogens (tertiary/aromatic N) is 1. The summed E-state index contributed by atoms with van der Waals surface area (Å²) in [5, 5.41) is 6.50. The number of halogens is 1. The topological polar surface area (TPSA) is 81.2 Å². The molecule has 0 radical (unpaired) electrons. The van der Waals surface area contributed by atoms with Gasteiger partial charge in [-0.15, -0.1) is 0 Å². The number of amides is 1. The quantitative estimate of drug-likeness (QED) is 0.546. The van der Waals surface area contributed by atoms with E-state index in [9.17, 15) is 9.18 Å². The highest BCUT2D eigenvalue weighted by molar-refractivity contribution is 6.11. The summed E-state index contributed by atoms with van der Waals surface area (Å²) in [5.41, 5.74) is 5.24. The van der Waals surface area contributed by atoms with Crippen LogP contribution >= 0.6 is 0 Å². The molecule has 0 saturated carbocycles. The minimum absolute atomic E-state index is 0.128. The fourth-order valence-corrected chi connectivity index (χ4v) is 2.16. The Bertz CT molecular complexity index is 822. The van der Waals surface area contributed by atoms with Crippen LogP contribution in [0.15, 0.2) is 66.0 Å². The number of anilines is 1. The number of carbonyl (C=O) groups excluding carboxylic acids is 1. The van der Waals surface area contributed by atoms with Crippen LogP contribution in [0.5, 0.6) is 0 Å². The maximum atomic E-state index is 13.1. The smallest absolute Gasteiger partial charge is 0.411 e. The molecule has 2 aromatic carbocycles. The third-order valence-electron chi connectivity index (χ3n) is 3.45. The number of ether oxygens (including phenoxy) is 1. The van der Waals surface area contributed by atoms with Crippen molar-refractivity contribution in [3.63, 3.8) is 0 Å². The molecule has 0 atom stereocenters. The normalized spacial score (nSPS) is 10.9. The molecule has 0 aliphatic heterocycles. The number of carbonyl (C=O) groups is 1. The first-order valence-electron chi connectivity index (χ1n) is 7.92. The van der Waals surface area contributed by atoms with Crippen molar-refractivity contribution >= 4 is 17.5 Å². The summed E-state index contributed by atoms with van der Waals surface area (Å²) in [6.45, 7) is 3.99. The van der Waals surface area contributed by atoms with Crippen LogP contribution in [0.1, 0.15) is 11.1 Å². The van der Waals surface area contributed by atoms with Crippen molar-refractivity contribution in [1.29, 1.82) is 0 Å². The Morgan fingerprint density at radius 3 is 2.52 bits per heavy atom. The summed E-state index contributed by atoms with van der Waals surface area (Å²) in [6, 6.07) is 12.8. The molecule has 1 amide bonds. The van der Waals surface area contributed by atoms with Gasteiger partial charge in [0, 0.05) is 16.8 Å². The van der Waals surface area contributed by atoms with Crippen LogP contribution < -0.4 is 10.8 Å². The number of rotatable bonds is 8. The second-order valence-corrected chi connectivity index (χ2v) is 5.27. The van der Waals surface area contributed by atoms with Crippen molar-refractivity contribution in [3.05, 3.63) is 77.8 Å². The Hall–Kier alpha value is -3.39. The van der Waals surface area contributed by atoms with E-state index in [0.717, 1.165) is 5.56 Å². The zero-order valence-corrected chi connectivity index (χ0v) is 15.0. The van der Waals surface area contributed by atoms with Gasteiger partial charge in [-0.1, -0.05) is 29.9 Å². The molecule has 142 valence electrons. The zero-order chi connectivity index (χ0) is 19.6. The first kappa shape index (κ1) is 19.9. The Kier molecular flexibility index (Phi) is 7.33. The predicted octanol–water partition coefficient (Wildman–Crippen LogP) is 3.59. The lowest BCUT2D eigenvalue weighted by Gasteiger charge is -2.14. The molecule has 7 nitrogen and oxygen atoms in total. The number of oxime groups is 1. The first-order valence-corrected chi connectivity index (χ1v) is 7.92. The van der Waals surface area contributed by atoms with E-state index in [4.69, 9.17) is 9.68 Å². The minimum Gasteiger partial charge on any atom is -0.453 e. The maximum absolute atomic E-state index is 13.1. The van der Waals surface area contributed by atoms with Crippen molar-refractivity contribution in [2.75, 3.05) is 19.5 Å². The van der Waals surface area contributed by atoms with Crippen LogP contribution in [0.4, 0.5) is 14.9 Å². The molecule has 0 spiro atoms. The second-order valence-electron chi connectivity index (χ2n) is 5.27. The fraction of sp³-hybridized carbons (Fsp3) is 0.158. The molecule has 0 bridgehead atoms. The lowest BCUT2D eigenvalue weighted by Crippen LogP contribution is -2.21. The number of benzene rings is 2. The number of allylic oxidation sites excluding steroid dienone is 1. The number of nitrogens with one attached hydrogen (secondary N) is 2. The molecule has 2 N–H and O–H groups in total. The van der Waals surface area contributed by atoms with Crippen LogP contribution in [0.25, 0.3) is 0 Å². The van der Waals surface area contributed by atoms with Crippen LogP contribution in [0, 0.1) is 5.82 Å². The van der Waals surface area contributed by atoms with Gasteiger partial charge in [0.05, 0.1) is 12.8 Å². The average Bonchev–Trinajstić information content (AvgIpc) is 2.68. The van der Waals surface area contributed by atoms with Gasteiger partial charge < -0.3 is 9.57 Å². The van der Waals surface area contributed by atoms with Crippen LogP contribution in [0.2, 0.25) is 0 Å². The SMILES string of the molecule is C=C(NOCc1ccccc1NC(=O)OC)C(=NOC)c1ccc(F)cc1. The largest absolute Gasteiger partial charge is 0.453 e. The fourth-order valence-electron chi connectivity index (χ4n) is 2.16. The van der Waals surface area contributed by atoms with Gasteiger partial charge in [0.2, 0.25) is 0 Å². The van der Waals surface area contributed by atoms with Gasteiger partial charge in [-0.3, -0.25) is 15.6 Å². The molecular weight excluding hydrogens is 353 g/mol. The maximum Gasteiger partial charge on any atom is 0.411 e. The summed E-state index contributed by atoms with van der Waals surface area (Å²) < 4.78 is 17.7. The Morgan fingerprint density at radius 1 is 1.15 bits per heavy atom. The van der Waals surface area contributed by atoms with E-state index in [1.54, 1.807) is 30.3 Å². The van der Waals surface area contributed by atoms with E-state index >= 15 is 0 Å². The van der Waals surface area contributed by atoms with E-state index in [1.165, 1.54) is 26.4 Å². The van der Waals surface area contributed by atoms with E-state index in [-0.39, 0.29) is 12.4 Å². The van der Waals surface area contributed by atoms with Crippen molar-refractivity contribution in [1.82, 2.24) is 5.48 Å². The van der Waals surface area contributed by atoms with Crippen molar-refractivity contribution in [2.45, 2.75) is 6.61 Å². The van der Waals surface area contributed by atoms with Gasteiger partial charge in [0.15, 0.2) is 0 Å². The molecule has 0 aliphatic rings. The monoisotopic (exact) mass is 373 g/mol. The number of hydrogen-bond acceptors (Lipinski definition) is 6. The zero-order valence-electron chi connectivity index (χ0n) is 15.0. The van der Waals surface area contributed by atoms with E-state index in [2.05, 4.69) is 27.3 Å². The molecular formula is C19H20FN3O4. The summed E-state index contributed by atoms with van der Waals surface area (Å²) in [6.07, 6.45) is -0.578. The minimum atomic E-state index is -0.578. The Labute approximate surface area is 156 Å². The molecule has 0 unspecified atom stereocenters. The van der Waals surface area contributed by atoms with E-state index < -0.39 is 6.09 Å². The number of hydroxylamine groups is 1. The highest BCUT2D eigenvalue weighted by atomic mass is 19.1. The van der Waals surface area contributed by atoms with Crippen LogP contribution in [0.3, 0.4) is 0 Å². The summed E-state index contributed by atoms with van der Waals surface area (Å²) in [5.74, 6) is -0.361. The van der Waals surface area contributed by atoms with Gasteiger partial charge in [-0.05, 0) is 30.3 Å². The highest BCUT2D eigenvalue weighted by Crippen LogP contribution is 2.16. The average molecular weight is 373 g/mol. The van der Waals surface area contributed by atoms with Gasteiger partial charge in [0.25, 0.3) is 0 Å². The van der Waals surface area contributed by atoms with Gasteiger partial charge >= 0.3 is 6.09 Å². The van der Waals surface area contributed by atoms with E-state index in [0.29, 0.717) is 22.7 Å². The molecule has 2 aromatic rings. The van der Waals surface area contributed by atoms with Crippen molar-refractivity contribution in [2.24, 2.45) is 5.16 Å². The second kappa shape index (κ2) is 9.93. The van der Waals surface area contributed by atoms with E-state index in [1.807, 2.05) is 6.07 Å². The lowest BCUT2D eigenvalue weighted by atomic mass is 10.1.